The van der Waals surface area contributed by atoms with Crippen molar-refractivity contribution in [2.24, 2.45) is 5.92 Å². The first-order valence-electron chi connectivity index (χ1n) is 15.8. The van der Waals surface area contributed by atoms with Gasteiger partial charge in [0, 0.05) is 17.4 Å². The zero-order chi connectivity index (χ0) is 35.5. The lowest BCUT2D eigenvalue weighted by atomic mass is 9.68. The first kappa shape index (κ1) is 35.0. The molecule has 1 heterocycles. The van der Waals surface area contributed by atoms with Crippen LogP contribution in [0.5, 0.6) is 0 Å². The predicted molar refractivity (Wildman–Crippen MR) is 181 cm³/mol. The quantitative estimate of drug-likeness (QED) is 0.0980. The van der Waals surface area contributed by atoms with E-state index in [2.05, 4.69) is 15.6 Å². The Morgan fingerprint density at radius 3 is 2.28 bits per heavy atom. The molecule has 5 nitrogen and oxygen atoms in total. The number of halogens is 6. The minimum Gasteiger partial charge on any atom is -0.346 e. The Morgan fingerprint density at radius 1 is 0.840 bits per heavy atom. The van der Waals surface area contributed by atoms with E-state index in [-0.39, 0.29) is 17.4 Å². The summed E-state index contributed by atoms with van der Waals surface area (Å²) in [5, 5.41) is 5.61. The second-order valence-corrected chi connectivity index (χ2v) is 13.2. The van der Waals surface area contributed by atoms with Crippen LogP contribution in [0.2, 0.25) is 0 Å². The molecule has 2 unspecified atom stereocenters. The van der Waals surface area contributed by atoms with Crippen molar-refractivity contribution in [2.75, 3.05) is 17.6 Å². The molecule has 0 saturated heterocycles. The van der Waals surface area contributed by atoms with Crippen molar-refractivity contribution in [1.29, 1.82) is 0 Å². The van der Waals surface area contributed by atoms with Gasteiger partial charge in [-0.25, -0.2) is 4.98 Å². The van der Waals surface area contributed by atoms with Crippen LogP contribution in [0.15, 0.2) is 120 Å². The summed E-state index contributed by atoms with van der Waals surface area (Å²) >= 11 is 1.42. The van der Waals surface area contributed by atoms with Gasteiger partial charge in [0.15, 0.2) is 0 Å². The molecule has 1 aromatic heterocycles. The number of amides is 2. The van der Waals surface area contributed by atoms with Gasteiger partial charge in [0.25, 0.3) is 5.91 Å². The maximum absolute atomic E-state index is 13.7. The summed E-state index contributed by atoms with van der Waals surface area (Å²) in [7, 11) is 0. The highest BCUT2D eigenvalue weighted by molar-refractivity contribution is 7.99. The van der Waals surface area contributed by atoms with E-state index in [1.165, 1.54) is 30.1 Å². The molecule has 0 spiro atoms. The molecule has 3 aromatic carbocycles. The number of allylic oxidation sites excluding steroid dienone is 4. The molecule has 0 saturated carbocycles. The molecular weight excluding hydrogens is 676 g/mol. The Morgan fingerprint density at radius 2 is 1.56 bits per heavy atom. The van der Waals surface area contributed by atoms with Gasteiger partial charge in [0.05, 0.1) is 27.9 Å². The van der Waals surface area contributed by atoms with Crippen molar-refractivity contribution in [3.8, 4) is 11.1 Å². The number of benzene rings is 3. The Hall–Kier alpha value is -4.84. The third-order valence-corrected chi connectivity index (χ3v) is 10.0. The van der Waals surface area contributed by atoms with E-state index in [0.717, 1.165) is 23.3 Å². The number of alkyl halides is 6. The van der Waals surface area contributed by atoms with Crippen LogP contribution in [0.1, 0.15) is 45.8 Å². The SMILES string of the molecule is O=C(Nc1ccc(SCCCC2(C(=O)NCC(F)(F)F)c3ccccc3C3C=CC=C[C@@H]32)nc1)c1ccccc1-c1ccc(C(F)(F)F)cc1. The second kappa shape index (κ2) is 14.2. The van der Waals surface area contributed by atoms with Gasteiger partial charge in [0.1, 0.15) is 6.54 Å². The van der Waals surface area contributed by atoms with Crippen molar-refractivity contribution in [2.45, 2.75) is 41.6 Å². The lowest BCUT2D eigenvalue weighted by Gasteiger charge is -2.36. The molecule has 0 aliphatic heterocycles. The fraction of sp³-hybridized carbons (Fsp3) is 0.237. The third-order valence-electron chi connectivity index (χ3n) is 9.01. The number of hydrogen-bond donors (Lipinski definition) is 2. The van der Waals surface area contributed by atoms with Crippen molar-refractivity contribution < 1.29 is 35.9 Å². The molecule has 3 atom stereocenters. The third kappa shape index (κ3) is 7.35. The van der Waals surface area contributed by atoms with Crippen LogP contribution in [-0.4, -0.2) is 35.3 Å². The van der Waals surface area contributed by atoms with E-state index in [0.29, 0.717) is 40.4 Å². The summed E-state index contributed by atoms with van der Waals surface area (Å²) in [6.45, 7) is -1.41. The Balaban J connectivity index is 1.11. The number of fused-ring (bicyclic) bond motifs is 3. The van der Waals surface area contributed by atoms with Crippen LogP contribution in [0.25, 0.3) is 11.1 Å². The number of pyridine rings is 1. The molecule has 258 valence electrons. The zero-order valence-corrected chi connectivity index (χ0v) is 27.2. The van der Waals surface area contributed by atoms with Crippen molar-refractivity contribution in [3.63, 3.8) is 0 Å². The van der Waals surface area contributed by atoms with Gasteiger partial charge in [-0.05, 0) is 71.2 Å². The Labute approximate surface area is 288 Å². The summed E-state index contributed by atoms with van der Waals surface area (Å²) in [6, 6.07) is 22.1. The number of carbonyl (C=O) groups excluding carboxylic acids is 2. The maximum atomic E-state index is 13.7. The number of rotatable bonds is 10. The fourth-order valence-corrected chi connectivity index (χ4v) is 7.60. The summed E-state index contributed by atoms with van der Waals surface area (Å²) in [6.07, 6.45) is 0.964. The first-order valence-corrected chi connectivity index (χ1v) is 16.8. The first-order chi connectivity index (χ1) is 23.9. The molecular formula is C38H31F6N3O2S. The molecule has 6 rings (SSSR count). The standard InChI is InChI=1S/C38H31F6N3O2S/c39-37(40,41)23-46-35(49)36(31-12-5-3-9-28(31)29-10-4-6-13-32(29)36)20-7-21-50-33-19-18-26(22-45-33)47-34(48)30-11-2-1-8-27(30)24-14-16-25(17-15-24)38(42,43)44/h1-6,8-19,22,28,31H,7,20-21,23H2,(H,46,49)(H,47,48)/t28?,31-,36?/m0/s1. The fourth-order valence-electron chi connectivity index (χ4n) is 6.81. The van der Waals surface area contributed by atoms with Gasteiger partial charge in [-0.3, -0.25) is 9.59 Å². The highest BCUT2D eigenvalue weighted by Crippen LogP contribution is 2.55. The Kier molecular flexibility index (Phi) is 9.93. The van der Waals surface area contributed by atoms with E-state index in [1.54, 1.807) is 36.4 Å². The number of carbonyl (C=O) groups is 2. The van der Waals surface area contributed by atoms with Crippen LogP contribution in [-0.2, 0) is 16.4 Å². The highest BCUT2D eigenvalue weighted by Gasteiger charge is 2.55. The molecule has 12 heteroatoms. The average molecular weight is 708 g/mol. The minimum atomic E-state index is -4.54. The van der Waals surface area contributed by atoms with Gasteiger partial charge in [-0.1, -0.05) is 78.9 Å². The van der Waals surface area contributed by atoms with E-state index < -0.39 is 41.7 Å². The summed E-state index contributed by atoms with van der Waals surface area (Å²) < 4.78 is 78.6. The average Bonchev–Trinajstić information content (AvgIpc) is 3.39. The van der Waals surface area contributed by atoms with Gasteiger partial charge in [0.2, 0.25) is 5.91 Å². The molecule has 2 N–H and O–H groups in total. The van der Waals surface area contributed by atoms with Crippen LogP contribution in [0.4, 0.5) is 32.0 Å². The normalized spacial score (nSPS) is 19.5. The molecule has 2 aliphatic rings. The topological polar surface area (TPSA) is 71.1 Å². The van der Waals surface area contributed by atoms with Gasteiger partial charge in [-0.2, -0.15) is 26.3 Å². The van der Waals surface area contributed by atoms with Crippen molar-refractivity contribution in [3.05, 3.63) is 138 Å². The molecule has 0 fully saturated rings. The summed E-state index contributed by atoms with van der Waals surface area (Å²) in [5.41, 5.74) is 1.34. The van der Waals surface area contributed by atoms with Crippen LogP contribution < -0.4 is 10.6 Å². The van der Waals surface area contributed by atoms with Gasteiger partial charge in [-0.15, -0.1) is 11.8 Å². The molecule has 0 radical (unpaired) electrons. The van der Waals surface area contributed by atoms with E-state index in [9.17, 15) is 35.9 Å². The monoisotopic (exact) mass is 707 g/mol. The largest absolute Gasteiger partial charge is 0.416 e. The van der Waals surface area contributed by atoms with E-state index in [4.69, 9.17) is 0 Å². The molecule has 0 bridgehead atoms. The number of thioether (sulfide) groups is 1. The van der Waals surface area contributed by atoms with Crippen LogP contribution in [0.3, 0.4) is 0 Å². The lowest BCUT2D eigenvalue weighted by molar-refractivity contribution is -0.143. The van der Waals surface area contributed by atoms with Crippen molar-refractivity contribution >= 4 is 29.3 Å². The van der Waals surface area contributed by atoms with Crippen LogP contribution >= 0.6 is 11.8 Å². The molecule has 50 heavy (non-hydrogen) atoms. The Bertz CT molecular complexity index is 1920. The summed E-state index contributed by atoms with van der Waals surface area (Å²) in [4.78, 5) is 31.3. The number of nitrogens with one attached hydrogen (secondary N) is 2. The number of anilines is 1. The second-order valence-electron chi connectivity index (χ2n) is 12.1. The predicted octanol–water partition coefficient (Wildman–Crippen LogP) is 9.35. The minimum absolute atomic E-state index is 0.119. The molecule has 2 amide bonds. The van der Waals surface area contributed by atoms with Crippen LogP contribution in [0, 0.1) is 5.92 Å². The number of hydrogen-bond acceptors (Lipinski definition) is 4. The van der Waals surface area contributed by atoms with Gasteiger partial charge < -0.3 is 10.6 Å². The molecule has 2 aliphatic carbocycles. The number of aromatic nitrogens is 1. The zero-order valence-electron chi connectivity index (χ0n) is 26.4. The highest BCUT2D eigenvalue weighted by atomic mass is 32.2. The molecule has 4 aromatic rings. The van der Waals surface area contributed by atoms with Crippen molar-refractivity contribution in [1.82, 2.24) is 10.3 Å². The van der Waals surface area contributed by atoms with E-state index >= 15 is 0 Å². The van der Waals surface area contributed by atoms with Gasteiger partial charge >= 0.3 is 12.4 Å². The smallest absolute Gasteiger partial charge is 0.346 e. The maximum Gasteiger partial charge on any atom is 0.416 e. The number of nitrogens with zero attached hydrogens (tertiary/aromatic N) is 1. The summed E-state index contributed by atoms with van der Waals surface area (Å²) in [5.74, 6) is -1.01. The lowest BCUT2D eigenvalue weighted by Crippen LogP contribution is -2.50. The van der Waals surface area contributed by atoms with E-state index in [1.807, 2.05) is 48.6 Å².